The van der Waals surface area contributed by atoms with Crippen LogP contribution in [0.5, 0.6) is 0 Å². The Morgan fingerprint density at radius 2 is 2.28 bits per heavy atom. The summed E-state index contributed by atoms with van der Waals surface area (Å²) in [5.41, 5.74) is 6.46. The van der Waals surface area contributed by atoms with Crippen molar-refractivity contribution in [3.05, 3.63) is 34.6 Å². The Morgan fingerprint density at radius 3 is 3.00 bits per heavy atom. The number of likely N-dealkylation sites (tertiary alicyclic amines) is 1. The van der Waals surface area contributed by atoms with E-state index in [4.69, 9.17) is 17.3 Å². The van der Waals surface area contributed by atoms with Crippen LogP contribution in [0, 0.1) is 17.7 Å². The highest BCUT2D eigenvalue weighted by atomic mass is 35.5. The molecule has 1 aliphatic rings. The van der Waals surface area contributed by atoms with Crippen LogP contribution in [-0.4, -0.2) is 24.5 Å². The average Bonchev–Trinajstić information content (AvgIpc) is 2.36. The fourth-order valence-electron chi connectivity index (χ4n) is 2.58. The first-order valence-corrected chi connectivity index (χ1v) is 6.84. The second kappa shape index (κ2) is 6.00. The molecule has 0 saturated carbocycles. The van der Waals surface area contributed by atoms with Crippen molar-refractivity contribution in [3.8, 4) is 0 Å². The number of nitrogens with two attached hydrogens (primary N) is 1. The monoisotopic (exact) mass is 270 g/mol. The minimum Gasteiger partial charge on any atom is -0.330 e. The van der Waals surface area contributed by atoms with Crippen molar-refractivity contribution >= 4 is 11.6 Å². The Bertz CT molecular complexity index is 411. The molecule has 1 aliphatic heterocycles. The molecular formula is C14H20ClFN2. The average molecular weight is 271 g/mol. The topological polar surface area (TPSA) is 29.3 Å². The molecule has 0 radical (unpaired) electrons. The van der Waals surface area contributed by atoms with Crippen molar-refractivity contribution in [3.63, 3.8) is 0 Å². The molecule has 2 nitrogen and oxygen atoms in total. The van der Waals surface area contributed by atoms with Crippen molar-refractivity contribution in [2.75, 3.05) is 19.6 Å². The highest BCUT2D eigenvalue weighted by molar-refractivity contribution is 6.30. The normalized spacial score (nSPS) is 25.3. The molecule has 1 saturated heterocycles. The molecule has 0 bridgehead atoms. The maximum Gasteiger partial charge on any atom is 0.127 e. The molecule has 0 amide bonds. The maximum absolute atomic E-state index is 13.7. The van der Waals surface area contributed by atoms with Gasteiger partial charge in [-0.25, -0.2) is 4.39 Å². The highest BCUT2D eigenvalue weighted by Gasteiger charge is 2.25. The second-order valence-corrected chi connectivity index (χ2v) is 5.67. The lowest BCUT2D eigenvalue weighted by Crippen LogP contribution is -2.42. The summed E-state index contributed by atoms with van der Waals surface area (Å²) in [4.78, 5) is 2.27. The minimum absolute atomic E-state index is 0.178. The summed E-state index contributed by atoms with van der Waals surface area (Å²) in [6.45, 7) is 5.52. The van der Waals surface area contributed by atoms with E-state index >= 15 is 0 Å². The van der Waals surface area contributed by atoms with Crippen molar-refractivity contribution in [1.29, 1.82) is 0 Å². The van der Waals surface area contributed by atoms with Crippen LogP contribution in [0.1, 0.15) is 18.9 Å². The van der Waals surface area contributed by atoms with Gasteiger partial charge in [0.2, 0.25) is 0 Å². The lowest BCUT2D eigenvalue weighted by atomic mass is 9.87. The zero-order valence-corrected chi connectivity index (χ0v) is 11.5. The van der Waals surface area contributed by atoms with Gasteiger partial charge in [0.1, 0.15) is 5.82 Å². The largest absolute Gasteiger partial charge is 0.330 e. The summed E-state index contributed by atoms with van der Waals surface area (Å²) < 4.78 is 13.7. The third-order valence-electron chi connectivity index (χ3n) is 3.90. The quantitative estimate of drug-likeness (QED) is 0.915. The van der Waals surface area contributed by atoms with Gasteiger partial charge < -0.3 is 5.73 Å². The van der Waals surface area contributed by atoms with Gasteiger partial charge in [0.15, 0.2) is 0 Å². The van der Waals surface area contributed by atoms with Gasteiger partial charge in [-0.2, -0.15) is 0 Å². The van der Waals surface area contributed by atoms with Crippen LogP contribution in [0.3, 0.4) is 0 Å². The van der Waals surface area contributed by atoms with Gasteiger partial charge in [-0.3, -0.25) is 4.90 Å². The molecule has 2 N–H and O–H groups in total. The van der Waals surface area contributed by atoms with Gasteiger partial charge in [-0.1, -0.05) is 18.5 Å². The number of hydrogen-bond donors (Lipinski definition) is 1. The van der Waals surface area contributed by atoms with Crippen LogP contribution >= 0.6 is 11.6 Å². The number of benzene rings is 1. The number of piperidine rings is 1. The van der Waals surface area contributed by atoms with E-state index in [-0.39, 0.29) is 5.82 Å². The molecule has 0 aromatic heterocycles. The predicted octanol–water partition coefficient (Wildman–Crippen LogP) is 2.90. The summed E-state index contributed by atoms with van der Waals surface area (Å²) in [6.07, 6.45) is 1.13. The predicted molar refractivity (Wildman–Crippen MR) is 73.0 cm³/mol. The van der Waals surface area contributed by atoms with Crippen molar-refractivity contribution in [2.45, 2.75) is 19.9 Å². The number of hydrogen-bond acceptors (Lipinski definition) is 2. The first kappa shape index (κ1) is 13.8. The van der Waals surface area contributed by atoms with Gasteiger partial charge in [0.05, 0.1) is 0 Å². The molecule has 2 atom stereocenters. The molecule has 4 heteroatoms. The van der Waals surface area contributed by atoms with Crippen molar-refractivity contribution < 1.29 is 4.39 Å². The molecule has 0 aliphatic carbocycles. The number of rotatable bonds is 3. The lowest BCUT2D eigenvalue weighted by Gasteiger charge is -2.36. The van der Waals surface area contributed by atoms with Gasteiger partial charge in [0, 0.05) is 23.7 Å². The summed E-state index contributed by atoms with van der Waals surface area (Å²) in [5.74, 6) is 0.999. The molecule has 18 heavy (non-hydrogen) atoms. The van der Waals surface area contributed by atoms with Gasteiger partial charge >= 0.3 is 0 Å². The third-order valence-corrected chi connectivity index (χ3v) is 4.14. The SMILES string of the molecule is CC1CCN(Cc2cc(Cl)ccc2F)CC1CN. The van der Waals surface area contributed by atoms with Crippen LogP contribution in [0.2, 0.25) is 5.02 Å². The summed E-state index contributed by atoms with van der Waals surface area (Å²) in [6, 6.07) is 4.73. The zero-order valence-electron chi connectivity index (χ0n) is 10.7. The van der Waals surface area contributed by atoms with E-state index in [0.29, 0.717) is 35.5 Å². The van der Waals surface area contributed by atoms with E-state index in [2.05, 4.69) is 11.8 Å². The van der Waals surface area contributed by atoms with E-state index in [9.17, 15) is 4.39 Å². The van der Waals surface area contributed by atoms with Crippen LogP contribution in [0.4, 0.5) is 4.39 Å². The molecule has 1 fully saturated rings. The molecule has 1 aromatic carbocycles. The van der Waals surface area contributed by atoms with E-state index < -0.39 is 0 Å². The molecule has 1 aromatic rings. The van der Waals surface area contributed by atoms with Crippen molar-refractivity contribution in [2.24, 2.45) is 17.6 Å². The molecular weight excluding hydrogens is 251 g/mol. The molecule has 0 spiro atoms. The zero-order chi connectivity index (χ0) is 13.1. The molecule has 2 rings (SSSR count). The standard InChI is InChI=1S/C14H20ClFN2/c1-10-4-5-18(9-12(10)7-17)8-11-6-13(15)2-3-14(11)16/h2-3,6,10,12H,4-5,7-9,17H2,1H3. The molecule has 2 unspecified atom stereocenters. The van der Waals surface area contributed by atoms with E-state index in [1.165, 1.54) is 6.07 Å². The minimum atomic E-state index is -0.178. The number of halogens is 2. The Labute approximate surface area is 113 Å². The van der Waals surface area contributed by atoms with Crippen LogP contribution < -0.4 is 5.73 Å². The molecule has 100 valence electrons. The third kappa shape index (κ3) is 3.22. The highest BCUT2D eigenvalue weighted by Crippen LogP contribution is 2.24. The summed E-state index contributed by atoms with van der Waals surface area (Å²) in [7, 11) is 0. The van der Waals surface area contributed by atoms with E-state index in [1.807, 2.05) is 0 Å². The van der Waals surface area contributed by atoms with Crippen LogP contribution in [-0.2, 0) is 6.54 Å². The first-order chi connectivity index (χ1) is 8.60. The second-order valence-electron chi connectivity index (χ2n) is 5.23. The number of nitrogens with zero attached hydrogens (tertiary/aromatic N) is 1. The Hall–Kier alpha value is -0.640. The van der Waals surface area contributed by atoms with Gasteiger partial charge in [-0.15, -0.1) is 0 Å². The smallest absolute Gasteiger partial charge is 0.127 e. The fourth-order valence-corrected chi connectivity index (χ4v) is 2.78. The van der Waals surface area contributed by atoms with Crippen LogP contribution in [0.15, 0.2) is 18.2 Å². The Kier molecular flexibility index (Phi) is 4.60. The van der Waals surface area contributed by atoms with Gasteiger partial charge in [-0.05, 0) is 49.5 Å². The van der Waals surface area contributed by atoms with Crippen molar-refractivity contribution in [1.82, 2.24) is 4.90 Å². The Balaban J connectivity index is 2.03. The summed E-state index contributed by atoms with van der Waals surface area (Å²) in [5, 5.41) is 0.590. The lowest BCUT2D eigenvalue weighted by molar-refractivity contribution is 0.125. The van der Waals surface area contributed by atoms with E-state index in [1.54, 1.807) is 12.1 Å². The van der Waals surface area contributed by atoms with Crippen LogP contribution in [0.25, 0.3) is 0 Å². The maximum atomic E-state index is 13.7. The van der Waals surface area contributed by atoms with Gasteiger partial charge in [0.25, 0.3) is 0 Å². The van der Waals surface area contributed by atoms with E-state index in [0.717, 1.165) is 19.5 Å². The Morgan fingerprint density at radius 1 is 1.50 bits per heavy atom. The fraction of sp³-hybridized carbons (Fsp3) is 0.571. The molecule has 1 heterocycles. The first-order valence-electron chi connectivity index (χ1n) is 6.46. The summed E-state index contributed by atoms with van der Waals surface area (Å²) >= 11 is 5.91.